The molecule has 24 heavy (non-hydrogen) atoms. The van der Waals surface area contributed by atoms with Gasteiger partial charge >= 0.3 is 5.82 Å². The molecule has 2 atom stereocenters. The predicted molar refractivity (Wildman–Crippen MR) is 96.9 cm³/mol. The maximum absolute atomic E-state index is 4.96. The highest BCUT2D eigenvalue weighted by Gasteiger charge is 2.24. The van der Waals surface area contributed by atoms with Crippen molar-refractivity contribution >= 4 is 23.9 Å². The average Bonchev–Trinajstić information content (AvgIpc) is 2.85. The van der Waals surface area contributed by atoms with Crippen LogP contribution in [-0.2, 0) is 12.8 Å². The third-order valence-corrected chi connectivity index (χ3v) is 4.78. The average molecular weight is 319 g/mol. The molecule has 0 radical (unpaired) electrons. The third-order valence-electron chi connectivity index (χ3n) is 4.78. The van der Waals surface area contributed by atoms with Crippen molar-refractivity contribution in [3.63, 3.8) is 0 Å². The Kier molecular flexibility index (Phi) is 3.97. The normalized spacial score (nSPS) is 22.8. The van der Waals surface area contributed by atoms with E-state index in [0.717, 1.165) is 43.0 Å². The van der Waals surface area contributed by atoms with E-state index in [1.54, 1.807) is 0 Å². The van der Waals surface area contributed by atoms with Crippen LogP contribution in [0.1, 0.15) is 37.2 Å². The van der Waals surface area contributed by atoms with E-state index >= 15 is 0 Å². The van der Waals surface area contributed by atoms with Crippen molar-refractivity contribution in [3.8, 4) is 0 Å². The van der Waals surface area contributed by atoms with Crippen LogP contribution in [0.25, 0.3) is 0 Å². The number of pyridine rings is 2. The largest absolute Gasteiger partial charge is 0.323 e. The van der Waals surface area contributed by atoms with E-state index in [9.17, 15) is 0 Å². The molecule has 0 amide bonds. The summed E-state index contributed by atoms with van der Waals surface area (Å²) < 4.78 is 2.28. The molecule has 2 unspecified atom stereocenters. The topological polar surface area (TPSA) is 41.1 Å². The van der Waals surface area contributed by atoms with E-state index in [1.165, 1.54) is 11.3 Å². The van der Waals surface area contributed by atoms with E-state index in [-0.39, 0.29) is 0 Å². The molecule has 0 saturated heterocycles. The fraction of sp³-hybridized carbons (Fsp3) is 0.400. The molecule has 0 aromatic carbocycles. The fourth-order valence-corrected chi connectivity index (χ4v) is 3.50. The lowest BCUT2D eigenvalue weighted by molar-refractivity contribution is -0.446. The van der Waals surface area contributed by atoms with Gasteiger partial charge in [0.2, 0.25) is 0 Å². The molecule has 2 aliphatic heterocycles. The summed E-state index contributed by atoms with van der Waals surface area (Å²) >= 11 is 0. The molecule has 4 heterocycles. The van der Waals surface area contributed by atoms with Crippen molar-refractivity contribution in [2.75, 3.05) is 6.54 Å². The molecule has 0 bridgehead atoms. The Morgan fingerprint density at radius 1 is 1.04 bits per heavy atom. The van der Waals surface area contributed by atoms with E-state index in [1.807, 2.05) is 18.5 Å². The molecular weight excluding hydrogens is 296 g/mol. The predicted octanol–water partition coefficient (Wildman–Crippen LogP) is 3.72. The summed E-state index contributed by atoms with van der Waals surface area (Å²) in [6, 6.07) is 8.35. The molecule has 4 rings (SSSR count). The molecule has 4 heteroatoms. The Morgan fingerprint density at radius 2 is 1.92 bits per heavy atom. The minimum absolute atomic E-state index is 0.537. The first kappa shape index (κ1) is 15.2. The summed E-state index contributed by atoms with van der Waals surface area (Å²) in [5.41, 5.74) is 4.52. The van der Waals surface area contributed by atoms with Gasteiger partial charge in [-0.05, 0) is 47.9 Å². The smallest absolute Gasteiger partial charge is 0.261 e. The van der Waals surface area contributed by atoms with Gasteiger partial charge < -0.3 is 0 Å². The van der Waals surface area contributed by atoms with Crippen LogP contribution in [0.5, 0.6) is 0 Å². The molecule has 2 aromatic heterocycles. The van der Waals surface area contributed by atoms with Gasteiger partial charge in [-0.2, -0.15) is 0 Å². The second-order valence-corrected chi connectivity index (χ2v) is 7.12. The summed E-state index contributed by atoms with van der Waals surface area (Å²) in [5, 5.41) is 0. The molecule has 4 nitrogen and oxygen atoms in total. The van der Waals surface area contributed by atoms with Crippen molar-refractivity contribution in [3.05, 3.63) is 47.4 Å². The van der Waals surface area contributed by atoms with Gasteiger partial charge in [0, 0.05) is 30.5 Å². The zero-order valence-electron chi connectivity index (χ0n) is 14.3. The summed E-state index contributed by atoms with van der Waals surface area (Å²) in [6.45, 7) is 5.50. The van der Waals surface area contributed by atoms with Crippen molar-refractivity contribution in [1.29, 1.82) is 0 Å². The number of aromatic nitrogens is 2. The van der Waals surface area contributed by atoms with Gasteiger partial charge in [-0.3, -0.25) is 9.98 Å². The highest BCUT2D eigenvalue weighted by Crippen LogP contribution is 2.27. The van der Waals surface area contributed by atoms with E-state index < -0.39 is 0 Å². The number of aliphatic imine (C=N–C) groups is 1. The van der Waals surface area contributed by atoms with Crippen LogP contribution in [0.2, 0.25) is 0 Å². The van der Waals surface area contributed by atoms with E-state index in [4.69, 9.17) is 4.98 Å². The number of hydrogen-bond donors (Lipinski definition) is 0. The third kappa shape index (κ3) is 3.01. The van der Waals surface area contributed by atoms with Crippen LogP contribution in [-0.4, -0.2) is 33.5 Å². The minimum Gasteiger partial charge on any atom is -0.261 e. The molecule has 0 N–H and O–H groups in total. The molecule has 0 aliphatic carbocycles. The van der Waals surface area contributed by atoms with E-state index in [2.05, 4.69) is 52.8 Å². The van der Waals surface area contributed by atoms with Crippen molar-refractivity contribution in [2.45, 2.75) is 33.1 Å². The summed E-state index contributed by atoms with van der Waals surface area (Å²) in [6.07, 6.45) is 9.14. The SMILES string of the molecule is CC1CC=Nc2ccc([N+]3=Cc4cccnc4CC(C)C3)nc2C1. The lowest BCUT2D eigenvalue weighted by Crippen LogP contribution is -2.16. The van der Waals surface area contributed by atoms with Gasteiger partial charge in [-0.15, -0.1) is 0 Å². The van der Waals surface area contributed by atoms with Gasteiger partial charge in [0.1, 0.15) is 5.69 Å². The van der Waals surface area contributed by atoms with Crippen LogP contribution < -0.4 is 0 Å². The first-order valence-electron chi connectivity index (χ1n) is 8.77. The Balaban J connectivity index is 1.76. The number of fused-ring (bicyclic) bond motifs is 2. The lowest BCUT2D eigenvalue weighted by Gasteiger charge is -2.09. The zero-order valence-corrected chi connectivity index (χ0v) is 14.3. The number of nitrogens with zero attached hydrogens (tertiary/aromatic N) is 4. The van der Waals surface area contributed by atoms with Crippen molar-refractivity contribution in [1.82, 2.24) is 9.97 Å². The van der Waals surface area contributed by atoms with Gasteiger partial charge in [-0.25, -0.2) is 4.58 Å². The van der Waals surface area contributed by atoms with Crippen molar-refractivity contribution in [2.24, 2.45) is 16.8 Å². The first-order chi connectivity index (χ1) is 11.7. The fourth-order valence-electron chi connectivity index (χ4n) is 3.50. The molecule has 2 aliphatic rings. The maximum atomic E-state index is 4.96. The molecule has 0 spiro atoms. The second-order valence-electron chi connectivity index (χ2n) is 7.12. The maximum Gasteiger partial charge on any atom is 0.323 e. The molecule has 0 fully saturated rings. The number of hydrogen-bond acceptors (Lipinski definition) is 3. The molecule has 2 aromatic rings. The van der Waals surface area contributed by atoms with Gasteiger partial charge in [0.25, 0.3) is 0 Å². The lowest BCUT2D eigenvalue weighted by atomic mass is 10.0. The van der Waals surface area contributed by atoms with Crippen LogP contribution in [0.15, 0.2) is 35.5 Å². The summed E-state index contributed by atoms with van der Waals surface area (Å²) in [4.78, 5) is 14.1. The number of rotatable bonds is 1. The van der Waals surface area contributed by atoms with E-state index in [0.29, 0.717) is 11.8 Å². The Hall–Kier alpha value is -2.36. The van der Waals surface area contributed by atoms with Crippen LogP contribution in [0, 0.1) is 11.8 Å². The zero-order chi connectivity index (χ0) is 16.5. The molecule has 122 valence electrons. The Morgan fingerprint density at radius 3 is 2.83 bits per heavy atom. The Labute approximate surface area is 143 Å². The highest BCUT2D eigenvalue weighted by molar-refractivity contribution is 5.78. The van der Waals surface area contributed by atoms with Gasteiger partial charge in [-0.1, -0.05) is 13.8 Å². The monoisotopic (exact) mass is 319 g/mol. The first-order valence-corrected chi connectivity index (χ1v) is 8.77. The second kappa shape index (κ2) is 6.27. The summed E-state index contributed by atoms with van der Waals surface area (Å²) in [7, 11) is 0. The highest BCUT2D eigenvalue weighted by atomic mass is 15.1. The minimum atomic E-state index is 0.537. The molecular formula is C20H23N4+. The van der Waals surface area contributed by atoms with Crippen molar-refractivity contribution < 1.29 is 4.58 Å². The van der Waals surface area contributed by atoms with Gasteiger partial charge in [0.05, 0.1) is 18.5 Å². The molecule has 0 saturated carbocycles. The van der Waals surface area contributed by atoms with Crippen LogP contribution in [0.3, 0.4) is 0 Å². The van der Waals surface area contributed by atoms with Crippen LogP contribution >= 0.6 is 0 Å². The Bertz CT molecular complexity index is 822. The standard InChI is InChI=1S/C20H23N4/c1-14-7-9-22-17-5-6-20(23-19(17)10-14)24-12-15(2)11-18-16(13-24)4-3-8-21-18/h3-6,8-9,13-15H,7,10-12H2,1-2H3/q+1. The van der Waals surface area contributed by atoms with Crippen LogP contribution in [0.4, 0.5) is 11.5 Å². The van der Waals surface area contributed by atoms with Gasteiger partial charge in [0.15, 0.2) is 5.69 Å². The quantitative estimate of drug-likeness (QED) is 0.752. The summed E-state index contributed by atoms with van der Waals surface area (Å²) in [5.74, 6) is 2.14.